The molecule has 3 rings (SSSR count). The summed E-state index contributed by atoms with van der Waals surface area (Å²) in [7, 11) is 1.32. The van der Waals surface area contributed by atoms with Crippen LogP contribution in [-0.2, 0) is 14.3 Å². The number of hydrogen-bond donors (Lipinski definition) is 2. The van der Waals surface area contributed by atoms with Crippen molar-refractivity contribution in [1.29, 1.82) is 0 Å². The van der Waals surface area contributed by atoms with Crippen molar-refractivity contribution in [3.8, 4) is 11.5 Å². The van der Waals surface area contributed by atoms with E-state index < -0.39 is 23.8 Å². The first-order chi connectivity index (χ1) is 14.8. The summed E-state index contributed by atoms with van der Waals surface area (Å²) in [6.07, 6.45) is 1.22. The Morgan fingerprint density at radius 1 is 1.19 bits per heavy atom. The number of amides is 4. The number of hydrogen-bond acceptors (Lipinski definition) is 7. The van der Waals surface area contributed by atoms with Gasteiger partial charge in [-0.15, -0.1) is 0 Å². The molecule has 0 aliphatic carbocycles. The van der Waals surface area contributed by atoms with Gasteiger partial charge in [0.25, 0.3) is 11.8 Å². The SMILES string of the molecule is CCOC(=O)c1ccc(N2C(=O)NC(=O)/C(=C\c3cc(Cl)c(O)c(OC)c3)C2=O)cc1. The molecular weight excluding hydrogens is 428 g/mol. The van der Waals surface area contributed by atoms with E-state index in [1.165, 1.54) is 49.6 Å². The first-order valence-electron chi connectivity index (χ1n) is 9.02. The molecule has 9 nitrogen and oxygen atoms in total. The lowest BCUT2D eigenvalue weighted by molar-refractivity contribution is -0.122. The summed E-state index contributed by atoms with van der Waals surface area (Å²) in [5, 5.41) is 11.9. The highest BCUT2D eigenvalue weighted by molar-refractivity contribution is 6.39. The number of nitrogens with zero attached hydrogens (tertiary/aromatic N) is 1. The topological polar surface area (TPSA) is 122 Å². The molecule has 2 aromatic rings. The number of rotatable bonds is 5. The predicted octanol–water partition coefficient (Wildman–Crippen LogP) is 2.90. The number of barbiturate groups is 1. The van der Waals surface area contributed by atoms with Gasteiger partial charge in [0.15, 0.2) is 11.5 Å². The van der Waals surface area contributed by atoms with E-state index >= 15 is 0 Å². The number of nitrogens with one attached hydrogen (secondary N) is 1. The van der Waals surface area contributed by atoms with E-state index in [0.29, 0.717) is 5.56 Å². The Morgan fingerprint density at radius 3 is 2.48 bits per heavy atom. The van der Waals surface area contributed by atoms with Crippen LogP contribution in [0.25, 0.3) is 6.08 Å². The molecule has 2 aromatic carbocycles. The number of carbonyl (C=O) groups is 4. The highest BCUT2D eigenvalue weighted by atomic mass is 35.5. The molecule has 0 spiro atoms. The number of carbonyl (C=O) groups excluding carboxylic acids is 4. The molecule has 0 bridgehead atoms. The maximum Gasteiger partial charge on any atom is 0.338 e. The fraction of sp³-hybridized carbons (Fsp3) is 0.143. The van der Waals surface area contributed by atoms with Crippen molar-refractivity contribution in [3.63, 3.8) is 0 Å². The summed E-state index contributed by atoms with van der Waals surface area (Å²) in [6, 6.07) is 7.36. The minimum atomic E-state index is -0.933. The third-order valence-electron chi connectivity index (χ3n) is 4.32. The van der Waals surface area contributed by atoms with Gasteiger partial charge in [-0.2, -0.15) is 0 Å². The number of phenols is 1. The number of phenolic OH excluding ortho intramolecular Hbond substituents is 1. The number of imide groups is 2. The van der Waals surface area contributed by atoms with Crippen molar-refractivity contribution in [2.24, 2.45) is 0 Å². The van der Waals surface area contributed by atoms with E-state index in [0.717, 1.165) is 4.90 Å². The summed E-state index contributed by atoms with van der Waals surface area (Å²) >= 11 is 5.95. The van der Waals surface area contributed by atoms with Gasteiger partial charge in [0.1, 0.15) is 5.57 Å². The van der Waals surface area contributed by atoms with Crippen LogP contribution in [-0.4, -0.2) is 42.6 Å². The quantitative estimate of drug-likeness (QED) is 0.413. The maximum atomic E-state index is 12.9. The standard InChI is InChI=1S/C21H17ClN2O7/c1-3-31-20(28)12-4-6-13(7-5-12)24-19(27)14(18(26)23-21(24)29)8-11-9-15(22)17(25)16(10-11)30-2/h4-10,25H,3H2,1-2H3,(H,23,26,29)/b14-8+. The van der Waals surface area contributed by atoms with Crippen molar-refractivity contribution >= 4 is 47.2 Å². The fourth-order valence-electron chi connectivity index (χ4n) is 2.85. The van der Waals surface area contributed by atoms with Gasteiger partial charge in [-0.1, -0.05) is 11.6 Å². The third kappa shape index (κ3) is 4.36. The van der Waals surface area contributed by atoms with Crippen LogP contribution in [0.5, 0.6) is 11.5 Å². The molecule has 1 heterocycles. The zero-order valence-electron chi connectivity index (χ0n) is 16.5. The smallest absolute Gasteiger partial charge is 0.338 e. The Hall–Kier alpha value is -3.85. The van der Waals surface area contributed by atoms with Crippen molar-refractivity contribution < 1.29 is 33.8 Å². The number of halogens is 1. The van der Waals surface area contributed by atoms with Crippen LogP contribution >= 0.6 is 11.6 Å². The lowest BCUT2D eigenvalue weighted by Gasteiger charge is -2.26. The number of urea groups is 1. The van der Waals surface area contributed by atoms with Crippen LogP contribution in [0.4, 0.5) is 10.5 Å². The molecule has 2 N–H and O–H groups in total. The lowest BCUT2D eigenvalue weighted by Crippen LogP contribution is -2.54. The van der Waals surface area contributed by atoms with E-state index in [2.05, 4.69) is 5.32 Å². The van der Waals surface area contributed by atoms with Crippen LogP contribution in [0.3, 0.4) is 0 Å². The van der Waals surface area contributed by atoms with Gasteiger partial charge >= 0.3 is 12.0 Å². The molecule has 1 saturated heterocycles. The number of methoxy groups -OCH3 is 1. The summed E-state index contributed by atoms with van der Waals surface area (Å²) in [5.41, 5.74) is 0.353. The van der Waals surface area contributed by atoms with E-state index in [1.807, 2.05) is 0 Å². The molecule has 0 radical (unpaired) electrons. The zero-order valence-corrected chi connectivity index (χ0v) is 17.2. The van der Waals surface area contributed by atoms with Gasteiger partial charge in [-0.05, 0) is 55.0 Å². The van der Waals surface area contributed by atoms with Gasteiger partial charge in [0.05, 0.1) is 30.0 Å². The van der Waals surface area contributed by atoms with E-state index in [1.54, 1.807) is 6.92 Å². The zero-order chi connectivity index (χ0) is 22.7. The molecule has 31 heavy (non-hydrogen) atoms. The Labute approximate surface area is 181 Å². The highest BCUT2D eigenvalue weighted by Gasteiger charge is 2.37. The van der Waals surface area contributed by atoms with Crippen LogP contribution in [0.15, 0.2) is 42.0 Å². The van der Waals surface area contributed by atoms with Crippen LogP contribution in [0.2, 0.25) is 5.02 Å². The van der Waals surface area contributed by atoms with Crippen molar-refractivity contribution in [1.82, 2.24) is 5.32 Å². The van der Waals surface area contributed by atoms with E-state index in [-0.39, 0.29) is 40.0 Å². The Bertz CT molecular complexity index is 1110. The second-order valence-electron chi connectivity index (χ2n) is 6.28. The Morgan fingerprint density at radius 2 is 1.87 bits per heavy atom. The van der Waals surface area contributed by atoms with Gasteiger partial charge in [-0.25, -0.2) is 14.5 Å². The molecule has 10 heteroatoms. The summed E-state index contributed by atoms with van der Waals surface area (Å²) in [6.45, 7) is 1.88. The van der Waals surface area contributed by atoms with Crippen molar-refractivity contribution in [3.05, 3.63) is 58.1 Å². The molecular formula is C21H17ClN2O7. The summed E-state index contributed by atoms with van der Waals surface area (Å²) in [5.74, 6) is -2.55. The lowest BCUT2D eigenvalue weighted by atomic mass is 10.1. The largest absolute Gasteiger partial charge is 0.503 e. The van der Waals surface area contributed by atoms with Gasteiger partial charge < -0.3 is 14.6 Å². The molecule has 1 fully saturated rings. The van der Waals surface area contributed by atoms with E-state index in [9.17, 15) is 24.3 Å². The predicted molar refractivity (Wildman–Crippen MR) is 111 cm³/mol. The number of aromatic hydroxyl groups is 1. The molecule has 1 aliphatic heterocycles. The molecule has 160 valence electrons. The molecule has 0 aromatic heterocycles. The normalized spacial score (nSPS) is 15.1. The second kappa shape index (κ2) is 8.88. The number of anilines is 1. The monoisotopic (exact) mass is 444 g/mol. The van der Waals surface area contributed by atoms with Gasteiger partial charge in [-0.3, -0.25) is 14.9 Å². The van der Waals surface area contributed by atoms with Crippen molar-refractivity contribution in [2.45, 2.75) is 6.92 Å². The first-order valence-corrected chi connectivity index (χ1v) is 9.39. The maximum absolute atomic E-state index is 12.9. The van der Waals surface area contributed by atoms with Crippen LogP contribution in [0, 0.1) is 0 Å². The summed E-state index contributed by atoms with van der Waals surface area (Å²) < 4.78 is 9.91. The van der Waals surface area contributed by atoms with Crippen LogP contribution in [0.1, 0.15) is 22.8 Å². The molecule has 0 saturated carbocycles. The second-order valence-corrected chi connectivity index (χ2v) is 6.69. The van der Waals surface area contributed by atoms with Crippen molar-refractivity contribution in [2.75, 3.05) is 18.6 Å². The number of ether oxygens (including phenoxy) is 2. The molecule has 0 unspecified atom stereocenters. The Balaban J connectivity index is 1.97. The molecule has 0 atom stereocenters. The molecule has 4 amide bonds. The average Bonchev–Trinajstić information content (AvgIpc) is 2.74. The number of esters is 1. The van der Waals surface area contributed by atoms with Gasteiger partial charge in [0.2, 0.25) is 0 Å². The molecule has 1 aliphatic rings. The summed E-state index contributed by atoms with van der Waals surface area (Å²) in [4.78, 5) is 50.1. The fourth-order valence-corrected chi connectivity index (χ4v) is 3.07. The average molecular weight is 445 g/mol. The Kier molecular flexibility index (Phi) is 6.26. The minimum absolute atomic E-state index is 0.0441. The third-order valence-corrected chi connectivity index (χ3v) is 4.61. The van der Waals surface area contributed by atoms with Crippen LogP contribution < -0.4 is 15.0 Å². The highest BCUT2D eigenvalue weighted by Crippen LogP contribution is 2.35. The minimum Gasteiger partial charge on any atom is -0.503 e. The number of benzene rings is 2. The van der Waals surface area contributed by atoms with Gasteiger partial charge in [0, 0.05) is 0 Å². The first kappa shape index (κ1) is 21.8. The van der Waals surface area contributed by atoms with E-state index in [4.69, 9.17) is 21.1 Å².